The van der Waals surface area contributed by atoms with Crippen LogP contribution in [0, 0.1) is 11.3 Å². The van der Waals surface area contributed by atoms with Gasteiger partial charge in [-0.05, 0) is 11.5 Å². The normalized spacial score (nSPS) is 10.5. The summed E-state index contributed by atoms with van der Waals surface area (Å²) in [6.45, 7) is 0.398. The third kappa shape index (κ3) is 2.27. The SMILES string of the molecule is N#Cc1nccn1Cc1c(C(=O)NN)sc2ccccc12. The number of nitrogens with two attached hydrogens (primary N) is 1. The van der Waals surface area contributed by atoms with Crippen molar-refractivity contribution in [2.24, 2.45) is 5.84 Å². The maximum Gasteiger partial charge on any atom is 0.275 e. The first-order chi connectivity index (χ1) is 10.2. The van der Waals surface area contributed by atoms with E-state index in [4.69, 9.17) is 11.1 Å². The number of nitrogens with one attached hydrogen (secondary N) is 1. The molecule has 0 aliphatic carbocycles. The molecule has 6 nitrogen and oxygen atoms in total. The van der Waals surface area contributed by atoms with Crippen LogP contribution in [0.5, 0.6) is 0 Å². The van der Waals surface area contributed by atoms with Crippen molar-refractivity contribution in [3.8, 4) is 6.07 Å². The lowest BCUT2D eigenvalue weighted by Crippen LogP contribution is -2.30. The quantitative estimate of drug-likeness (QED) is 0.436. The van der Waals surface area contributed by atoms with Crippen LogP contribution in [0.25, 0.3) is 10.1 Å². The van der Waals surface area contributed by atoms with E-state index >= 15 is 0 Å². The highest BCUT2D eigenvalue weighted by Gasteiger charge is 2.18. The van der Waals surface area contributed by atoms with Crippen molar-refractivity contribution in [1.82, 2.24) is 15.0 Å². The molecule has 3 aromatic rings. The molecule has 0 radical (unpaired) electrons. The monoisotopic (exact) mass is 297 g/mol. The Morgan fingerprint density at radius 1 is 1.48 bits per heavy atom. The van der Waals surface area contributed by atoms with Gasteiger partial charge in [-0.25, -0.2) is 10.8 Å². The molecule has 104 valence electrons. The van der Waals surface area contributed by atoms with Gasteiger partial charge in [-0.3, -0.25) is 10.2 Å². The number of fused-ring (bicyclic) bond motifs is 1. The number of hydrazine groups is 1. The molecule has 2 aromatic heterocycles. The van der Waals surface area contributed by atoms with E-state index in [9.17, 15) is 4.79 Å². The summed E-state index contributed by atoms with van der Waals surface area (Å²) in [5, 5.41) is 10.0. The number of hydrogen-bond donors (Lipinski definition) is 2. The molecule has 0 bridgehead atoms. The van der Waals surface area contributed by atoms with E-state index in [2.05, 4.69) is 10.4 Å². The first-order valence-corrected chi connectivity index (χ1v) is 6.99. The van der Waals surface area contributed by atoms with Gasteiger partial charge < -0.3 is 4.57 Å². The minimum absolute atomic E-state index is 0.310. The highest BCUT2D eigenvalue weighted by molar-refractivity contribution is 7.21. The van der Waals surface area contributed by atoms with Gasteiger partial charge in [0.25, 0.3) is 5.91 Å². The van der Waals surface area contributed by atoms with Gasteiger partial charge in [0.1, 0.15) is 6.07 Å². The van der Waals surface area contributed by atoms with Crippen LogP contribution in [-0.4, -0.2) is 15.5 Å². The van der Waals surface area contributed by atoms with Gasteiger partial charge >= 0.3 is 0 Å². The van der Waals surface area contributed by atoms with Crippen LogP contribution >= 0.6 is 11.3 Å². The third-order valence-electron chi connectivity index (χ3n) is 3.18. The highest BCUT2D eigenvalue weighted by atomic mass is 32.1. The van der Waals surface area contributed by atoms with Gasteiger partial charge in [0.15, 0.2) is 0 Å². The number of nitrogens with zero attached hydrogens (tertiary/aromatic N) is 3. The molecule has 0 saturated carbocycles. The van der Waals surface area contributed by atoms with E-state index in [0.29, 0.717) is 17.2 Å². The number of nitriles is 1. The fourth-order valence-corrected chi connectivity index (χ4v) is 3.34. The van der Waals surface area contributed by atoms with Crippen LogP contribution in [0.1, 0.15) is 21.1 Å². The third-order valence-corrected chi connectivity index (χ3v) is 4.39. The van der Waals surface area contributed by atoms with Crippen molar-refractivity contribution in [3.05, 3.63) is 52.9 Å². The zero-order chi connectivity index (χ0) is 14.8. The van der Waals surface area contributed by atoms with Gasteiger partial charge in [-0.1, -0.05) is 18.2 Å². The minimum atomic E-state index is -0.329. The van der Waals surface area contributed by atoms with Crippen molar-refractivity contribution in [3.63, 3.8) is 0 Å². The Hall–Kier alpha value is -2.69. The summed E-state index contributed by atoms with van der Waals surface area (Å²) in [4.78, 5) is 16.5. The number of thiophene rings is 1. The molecule has 0 aliphatic heterocycles. The largest absolute Gasteiger partial charge is 0.318 e. The molecular formula is C14H11N5OS. The van der Waals surface area contributed by atoms with Crippen molar-refractivity contribution in [1.29, 1.82) is 5.26 Å². The van der Waals surface area contributed by atoms with Crippen LogP contribution in [-0.2, 0) is 6.54 Å². The summed E-state index contributed by atoms with van der Waals surface area (Å²) in [6, 6.07) is 9.78. The average Bonchev–Trinajstić information content (AvgIpc) is 3.11. The summed E-state index contributed by atoms with van der Waals surface area (Å²) >= 11 is 1.38. The standard InChI is InChI=1S/C14H11N5OS/c15-7-12-17-5-6-19(12)8-10-9-3-1-2-4-11(9)21-13(10)14(20)18-16/h1-6H,8,16H2,(H,18,20). The zero-order valence-corrected chi connectivity index (χ0v) is 11.7. The number of benzene rings is 1. The lowest BCUT2D eigenvalue weighted by Gasteiger charge is -2.06. The summed E-state index contributed by atoms with van der Waals surface area (Å²) in [7, 11) is 0. The molecular weight excluding hydrogens is 286 g/mol. The molecule has 0 atom stereocenters. The smallest absolute Gasteiger partial charge is 0.275 e. The summed E-state index contributed by atoms with van der Waals surface area (Å²) in [5.74, 6) is 5.24. The van der Waals surface area contributed by atoms with E-state index in [1.54, 1.807) is 17.0 Å². The second kappa shape index (κ2) is 5.36. The van der Waals surface area contributed by atoms with Crippen molar-refractivity contribution < 1.29 is 4.79 Å². The Bertz CT molecular complexity index is 858. The number of hydrogen-bond acceptors (Lipinski definition) is 5. The van der Waals surface area contributed by atoms with E-state index in [1.165, 1.54) is 11.3 Å². The second-order valence-electron chi connectivity index (χ2n) is 4.37. The lowest BCUT2D eigenvalue weighted by molar-refractivity contribution is 0.0957. The number of rotatable bonds is 3. The fourth-order valence-electron chi connectivity index (χ4n) is 2.22. The van der Waals surface area contributed by atoms with E-state index < -0.39 is 0 Å². The summed E-state index contributed by atoms with van der Waals surface area (Å²) < 4.78 is 2.71. The fraction of sp³-hybridized carbons (Fsp3) is 0.0714. The molecule has 1 amide bonds. The maximum atomic E-state index is 12.0. The molecule has 1 aromatic carbocycles. The van der Waals surface area contributed by atoms with Gasteiger partial charge in [0, 0.05) is 22.7 Å². The molecule has 0 unspecified atom stereocenters. The van der Waals surface area contributed by atoms with Gasteiger partial charge in [-0.2, -0.15) is 5.26 Å². The van der Waals surface area contributed by atoms with Crippen LogP contribution in [0.2, 0.25) is 0 Å². The van der Waals surface area contributed by atoms with Crippen LogP contribution in [0.15, 0.2) is 36.7 Å². The molecule has 7 heteroatoms. The predicted octanol–water partition coefficient (Wildman–Crippen LogP) is 1.62. The first kappa shape index (κ1) is 13.3. The number of nitrogen functional groups attached to an aromatic ring is 1. The minimum Gasteiger partial charge on any atom is -0.318 e. The molecule has 3 rings (SSSR count). The van der Waals surface area contributed by atoms with Gasteiger partial charge in [0.2, 0.25) is 5.82 Å². The number of imidazole rings is 1. The van der Waals surface area contributed by atoms with E-state index in [-0.39, 0.29) is 5.91 Å². The summed E-state index contributed by atoms with van der Waals surface area (Å²) in [6.07, 6.45) is 3.28. The highest BCUT2D eigenvalue weighted by Crippen LogP contribution is 2.32. The average molecular weight is 297 g/mol. The number of carbonyl (C=O) groups excluding carboxylic acids is 1. The molecule has 21 heavy (non-hydrogen) atoms. The number of carbonyl (C=O) groups is 1. The topological polar surface area (TPSA) is 96.7 Å². The molecule has 0 saturated heterocycles. The first-order valence-electron chi connectivity index (χ1n) is 6.17. The van der Waals surface area contributed by atoms with Gasteiger partial charge in [0.05, 0.1) is 11.4 Å². The van der Waals surface area contributed by atoms with Crippen molar-refractivity contribution >= 4 is 27.3 Å². The lowest BCUT2D eigenvalue weighted by atomic mass is 10.1. The molecule has 0 spiro atoms. The van der Waals surface area contributed by atoms with Crippen molar-refractivity contribution in [2.45, 2.75) is 6.54 Å². The Morgan fingerprint density at radius 3 is 3.05 bits per heavy atom. The van der Waals surface area contributed by atoms with E-state index in [0.717, 1.165) is 15.6 Å². The zero-order valence-electron chi connectivity index (χ0n) is 10.9. The number of amides is 1. The van der Waals surface area contributed by atoms with Gasteiger partial charge in [-0.15, -0.1) is 11.3 Å². The Balaban J connectivity index is 2.16. The van der Waals surface area contributed by atoms with Crippen LogP contribution < -0.4 is 11.3 Å². The Labute approximate surface area is 124 Å². The molecule has 3 N–H and O–H groups in total. The Morgan fingerprint density at radius 2 is 2.29 bits per heavy atom. The second-order valence-corrected chi connectivity index (χ2v) is 5.42. The van der Waals surface area contributed by atoms with Crippen molar-refractivity contribution in [2.75, 3.05) is 0 Å². The molecule has 0 fully saturated rings. The van der Waals surface area contributed by atoms with E-state index in [1.807, 2.05) is 30.3 Å². The molecule has 2 heterocycles. The molecule has 0 aliphatic rings. The summed E-state index contributed by atoms with van der Waals surface area (Å²) in [5.41, 5.74) is 3.01. The Kier molecular flexibility index (Phi) is 3.39. The predicted molar refractivity (Wildman–Crippen MR) is 79.5 cm³/mol. The maximum absolute atomic E-state index is 12.0. The van der Waals surface area contributed by atoms with Crippen LogP contribution in [0.3, 0.4) is 0 Å². The van der Waals surface area contributed by atoms with Crippen LogP contribution in [0.4, 0.5) is 0 Å². The number of aromatic nitrogens is 2.